The molecule has 1 aliphatic heterocycles. The van der Waals surface area contributed by atoms with Gasteiger partial charge in [-0.25, -0.2) is 9.97 Å². The maximum absolute atomic E-state index is 12.5. The topological polar surface area (TPSA) is 108 Å². The van der Waals surface area contributed by atoms with E-state index in [2.05, 4.69) is 19.5 Å². The van der Waals surface area contributed by atoms with E-state index in [9.17, 15) is 4.79 Å². The molecule has 0 bridgehead atoms. The number of pyridine rings is 2. The number of carbonyl (C=O) groups excluding carboxylic acids is 1. The van der Waals surface area contributed by atoms with Crippen LogP contribution >= 0.6 is 0 Å². The van der Waals surface area contributed by atoms with Crippen molar-refractivity contribution in [1.82, 2.24) is 24.4 Å². The number of hydrogen-bond acceptors (Lipinski definition) is 7. The van der Waals surface area contributed by atoms with Crippen LogP contribution in [0.4, 0.5) is 5.82 Å². The fraction of sp³-hybridized carbons (Fsp3) is 0.500. The minimum Gasteiger partial charge on any atom is -0.382 e. The zero-order valence-electron chi connectivity index (χ0n) is 16.6. The predicted octanol–water partition coefficient (Wildman–Crippen LogP) is 1.74. The van der Waals surface area contributed by atoms with Crippen molar-refractivity contribution in [2.45, 2.75) is 32.9 Å². The molecule has 9 nitrogen and oxygen atoms in total. The molecule has 0 radical (unpaired) electrons. The minimum absolute atomic E-state index is 0.160. The lowest BCUT2D eigenvalue weighted by Gasteiger charge is -2.26. The van der Waals surface area contributed by atoms with Crippen molar-refractivity contribution in [3.8, 4) is 0 Å². The molecule has 0 saturated carbocycles. The summed E-state index contributed by atoms with van der Waals surface area (Å²) in [6, 6.07) is 3.73. The Bertz CT molecular complexity index is 1010. The molecule has 9 heteroatoms. The number of ether oxygens (including phenoxy) is 2. The molecule has 1 aliphatic rings. The first kappa shape index (κ1) is 19.5. The Balaban J connectivity index is 1.62. The molecule has 4 heterocycles. The number of amides is 1. The van der Waals surface area contributed by atoms with Crippen molar-refractivity contribution in [1.29, 1.82) is 0 Å². The van der Waals surface area contributed by atoms with Crippen LogP contribution in [0.1, 0.15) is 25.6 Å². The summed E-state index contributed by atoms with van der Waals surface area (Å²) in [5.74, 6) is 1.31. The number of fused-ring (bicyclic) bond motifs is 3. The smallest absolute Gasteiger partial charge is 0.222 e. The van der Waals surface area contributed by atoms with E-state index in [0.717, 1.165) is 22.4 Å². The van der Waals surface area contributed by atoms with Crippen LogP contribution in [0, 0.1) is 0 Å². The maximum atomic E-state index is 12.5. The van der Waals surface area contributed by atoms with Crippen LogP contribution in [0.2, 0.25) is 0 Å². The van der Waals surface area contributed by atoms with Crippen LogP contribution in [0.15, 0.2) is 18.3 Å². The van der Waals surface area contributed by atoms with Crippen LogP contribution in [0.3, 0.4) is 0 Å². The Hall–Kier alpha value is -2.78. The highest BCUT2D eigenvalue weighted by molar-refractivity contribution is 6.04. The Kier molecular flexibility index (Phi) is 5.86. The van der Waals surface area contributed by atoms with Crippen LogP contribution in [0.25, 0.3) is 22.1 Å². The fourth-order valence-electron chi connectivity index (χ4n) is 3.67. The molecule has 2 N–H and O–H groups in total. The molecule has 4 rings (SSSR count). The van der Waals surface area contributed by atoms with E-state index in [1.807, 2.05) is 24.0 Å². The number of nitrogens with two attached hydrogens (primary N) is 1. The van der Waals surface area contributed by atoms with Crippen LogP contribution in [-0.2, 0) is 27.4 Å². The largest absolute Gasteiger partial charge is 0.382 e. The van der Waals surface area contributed by atoms with Crippen molar-refractivity contribution in [2.24, 2.45) is 0 Å². The van der Waals surface area contributed by atoms with Crippen molar-refractivity contribution < 1.29 is 14.3 Å². The highest BCUT2D eigenvalue weighted by atomic mass is 16.5. The molecular formula is C20H26N6O3. The first-order valence-electron chi connectivity index (χ1n) is 10.0. The number of aromatic nitrogens is 4. The summed E-state index contributed by atoms with van der Waals surface area (Å²) in [4.78, 5) is 28.0. The van der Waals surface area contributed by atoms with Gasteiger partial charge in [-0.15, -0.1) is 0 Å². The van der Waals surface area contributed by atoms with Crippen molar-refractivity contribution in [2.75, 3.05) is 38.6 Å². The van der Waals surface area contributed by atoms with E-state index in [1.165, 1.54) is 0 Å². The number of carbonyl (C=O) groups is 1. The number of nitrogens with zero attached hydrogens (tertiary/aromatic N) is 5. The van der Waals surface area contributed by atoms with Gasteiger partial charge < -0.3 is 24.7 Å². The number of hydrogen-bond donors (Lipinski definition) is 1. The molecule has 0 aliphatic carbocycles. The Morgan fingerprint density at radius 2 is 2.10 bits per heavy atom. The summed E-state index contributed by atoms with van der Waals surface area (Å²) in [6.07, 6.45) is 2.90. The Morgan fingerprint density at radius 3 is 2.90 bits per heavy atom. The SMILES string of the molecule is CCOCc1nc2c(N)nc3cccnc3c2n1CCCC(=O)N1CCOCC1. The lowest BCUT2D eigenvalue weighted by molar-refractivity contribution is -0.135. The third-order valence-corrected chi connectivity index (χ3v) is 5.11. The fourth-order valence-corrected chi connectivity index (χ4v) is 3.67. The number of anilines is 1. The average molecular weight is 398 g/mol. The number of rotatable bonds is 7. The van der Waals surface area contributed by atoms with Crippen molar-refractivity contribution in [3.63, 3.8) is 0 Å². The molecule has 3 aromatic rings. The van der Waals surface area contributed by atoms with Gasteiger partial charge >= 0.3 is 0 Å². The zero-order chi connectivity index (χ0) is 20.2. The van der Waals surface area contributed by atoms with E-state index in [-0.39, 0.29) is 5.91 Å². The molecule has 1 amide bonds. The van der Waals surface area contributed by atoms with Gasteiger partial charge in [0.1, 0.15) is 29.0 Å². The molecular weight excluding hydrogens is 372 g/mol. The first-order valence-corrected chi connectivity index (χ1v) is 10.0. The summed E-state index contributed by atoms with van der Waals surface area (Å²) in [6.45, 7) is 6.09. The summed E-state index contributed by atoms with van der Waals surface area (Å²) in [5, 5.41) is 0. The van der Waals surface area contributed by atoms with Gasteiger partial charge in [0.05, 0.1) is 18.7 Å². The second-order valence-corrected chi connectivity index (χ2v) is 6.98. The number of aryl methyl sites for hydroxylation is 1. The van der Waals surface area contributed by atoms with E-state index < -0.39 is 0 Å². The Morgan fingerprint density at radius 1 is 1.28 bits per heavy atom. The van der Waals surface area contributed by atoms with Gasteiger partial charge in [0, 0.05) is 38.9 Å². The Labute approximate surface area is 168 Å². The van der Waals surface area contributed by atoms with Crippen LogP contribution in [-0.4, -0.2) is 63.2 Å². The first-order chi connectivity index (χ1) is 14.2. The quantitative estimate of drug-likeness (QED) is 0.646. The average Bonchev–Trinajstić information content (AvgIpc) is 3.12. The molecule has 1 saturated heterocycles. The van der Waals surface area contributed by atoms with Gasteiger partial charge in [-0.3, -0.25) is 9.78 Å². The number of imidazole rings is 1. The monoisotopic (exact) mass is 398 g/mol. The molecule has 154 valence electrons. The predicted molar refractivity (Wildman–Crippen MR) is 109 cm³/mol. The normalized spacial score (nSPS) is 14.7. The second-order valence-electron chi connectivity index (χ2n) is 6.98. The van der Waals surface area contributed by atoms with Crippen molar-refractivity contribution in [3.05, 3.63) is 24.2 Å². The lowest BCUT2D eigenvalue weighted by Crippen LogP contribution is -2.40. The van der Waals surface area contributed by atoms with Gasteiger partial charge in [-0.2, -0.15) is 0 Å². The van der Waals surface area contributed by atoms with E-state index >= 15 is 0 Å². The van der Waals surface area contributed by atoms with Crippen LogP contribution < -0.4 is 5.73 Å². The van der Waals surface area contributed by atoms with Gasteiger partial charge in [0.2, 0.25) is 5.91 Å². The molecule has 1 fully saturated rings. The van der Waals surface area contributed by atoms with Crippen LogP contribution in [0.5, 0.6) is 0 Å². The highest BCUT2D eigenvalue weighted by Gasteiger charge is 2.20. The van der Waals surface area contributed by atoms with Crippen molar-refractivity contribution >= 4 is 33.8 Å². The second kappa shape index (κ2) is 8.71. The molecule has 0 aromatic carbocycles. The summed E-state index contributed by atoms with van der Waals surface area (Å²) >= 11 is 0. The standard InChI is InChI=1S/C20H26N6O3/c1-2-28-13-15-24-18-19(17-14(23-20(18)21)5-3-7-22-17)26(15)8-4-6-16(27)25-9-11-29-12-10-25/h3,5,7H,2,4,6,8-13H2,1H3,(H2,21,23). The summed E-state index contributed by atoms with van der Waals surface area (Å²) < 4.78 is 13.0. The minimum atomic E-state index is 0.160. The molecule has 0 atom stereocenters. The van der Waals surface area contributed by atoms with Gasteiger partial charge in [0.15, 0.2) is 5.82 Å². The van der Waals surface area contributed by atoms with Gasteiger partial charge in [-0.05, 0) is 25.5 Å². The molecule has 0 unspecified atom stereocenters. The lowest BCUT2D eigenvalue weighted by atomic mass is 10.2. The van der Waals surface area contributed by atoms with E-state index in [4.69, 9.17) is 15.2 Å². The molecule has 3 aromatic heterocycles. The van der Waals surface area contributed by atoms with Gasteiger partial charge in [-0.1, -0.05) is 0 Å². The summed E-state index contributed by atoms with van der Waals surface area (Å²) in [5.41, 5.74) is 9.14. The third kappa shape index (κ3) is 4.01. The van der Waals surface area contributed by atoms with Gasteiger partial charge in [0.25, 0.3) is 0 Å². The highest BCUT2D eigenvalue weighted by Crippen LogP contribution is 2.28. The molecule has 0 spiro atoms. The van der Waals surface area contributed by atoms with E-state index in [0.29, 0.717) is 70.2 Å². The molecule has 29 heavy (non-hydrogen) atoms. The third-order valence-electron chi connectivity index (χ3n) is 5.11. The van der Waals surface area contributed by atoms with E-state index in [1.54, 1.807) is 6.20 Å². The number of morpholine rings is 1. The summed E-state index contributed by atoms with van der Waals surface area (Å²) in [7, 11) is 0. The zero-order valence-corrected chi connectivity index (χ0v) is 16.6. The maximum Gasteiger partial charge on any atom is 0.222 e. The number of nitrogen functional groups attached to an aromatic ring is 1.